The number of nitrogen functional groups attached to an aromatic ring is 2. The first-order valence-electron chi connectivity index (χ1n) is 4.77. The number of aryl methyl sites for hydroxylation is 2. The van der Waals surface area contributed by atoms with Crippen molar-refractivity contribution >= 4 is 33.8 Å². The maximum absolute atomic E-state index is 5.84. The molecule has 16 heavy (non-hydrogen) atoms. The second-order valence-corrected chi connectivity index (χ2v) is 4.89. The zero-order valence-electron chi connectivity index (χ0n) is 8.48. The highest BCUT2D eigenvalue weighted by Crippen LogP contribution is 2.21. The summed E-state index contributed by atoms with van der Waals surface area (Å²) in [6, 6.07) is 5.65. The van der Waals surface area contributed by atoms with E-state index < -0.39 is 0 Å². The molecule has 0 radical (unpaired) electrons. The van der Waals surface area contributed by atoms with Crippen molar-refractivity contribution in [3.05, 3.63) is 33.8 Å². The Bertz CT molecular complexity index is 497. The van der Waals surface area contributed by atoms with Gasteiger partial charge in [-0.15, -0.1) is 10.2 Å². The molecule has 0 unspecified atom stereocenters. The number of nitrogens with two attached hydrogens (primary N) is 2. The van der Waals surface area contributed by atoms with E-state index in [1.165, 1.54) is 11.3 Å². The minimum absolute atomic E-state index is 0.505. The van der Waals surface area contributed by atoms with Crippen molar-refractivity contribution in [2.45, 2.75) is 12.8 Å². The van der Waals surface area contributed by atoms with E-state index in [2.05, 4.69) is 10.2 Å². The Hall–Kier alpha value is -1.33. The van der Waals surface area contributed by atoms with Crippen molar-refractivity contribution < 1.29 is 0 Å². The van der Waals surface area contributed by atoms with Gasteiger partial charge in [-0.05, 0) is 24.1 Å². The fraction of sp³-hybridized carbons (Fsp3) is 0.200. The molecule has 1 heterocycles. The van der Waals surface area contributed by atoms with Crippen LogP contribution in [0.25, 0.3) is 0 Å². The van der Waals surface area contributed by atoms with E-state index in [1.807, 2.05) is 12.1 Å². The number of rotatable bonds is 3. The predicted molar refractivity (Wildman–Crippen MR) is 67.6 cm³/mol. The normalized spacial score (nSPS) is 10.6. The summed E-state index contributed by atoms with van der Waals surface area (Å²) in [7, 11) is 0. The molecule has 1 aromatic carbocycles. The summed E-state index contributed by atoms with van der Waals surface area (Å²) in [5, 5.41) is 9.75. The number of benzene rings is 1. The van der Waals surface area contributed by atoms with Gasteiger partial charge in [0.2, 0.25) is 5.13 Å². The molecule has 1 aromatic heterocycles. The van der Waals surface area contributed by atoms with Gasteiger partial charge in [-0.2, -0.15) is 0 Å². The fourth-order valence-electron chi connectivity index (χ4n) is 1.37. The van der Waals surface area contributed by atoms with Gasteiger partial charge in [0, 0.05) is 6.42 Å². The smallest absolute Gasteiger partial charge is 0.203 e. The lowest BCUT2D eigenvalue weighted by Gasteiger charge is -2.02. The molecule has 0 spiro atoms. The van der Waals surface area contributed by atoms with Gasteiger partial charge in [-0.1, -0.05) is 29.0 Å². The molecule has 4 nitrogen and oxygen atoms in total. The quantitative estimate of drug-likeness (QED) is 0.823. The molecule has 2 aromatic rings. The molecular formula is C10H11ClN4S. The van der Waals surface area contributed by atoms with Crippen LogP contribution in [0, 0.1) is 0 Å². The van der Waals surface area contributed by atoms with Crippen molar-refractivity contribution in [3.63, 3.8) is 0 Å². The summed E-state index contributed by atoms with van der Waals surface area (Å²) in [4.78, 5) is 0. The third kappa shape index (κ3) is 2.62. The van der Waals surface area contributed by atoms with Crippen LogP contribution in [0.5, 0.6) is 0 Å². The Kier molecular flexibility index (Phi) is 3.26. The van der Waals surface area contributed by atoms with Gasteiger partial charge < -0.3 is 11.5 Å². The van der Waals surface area contributed by atoms with Gasteiger partial charge in [0.15, 0.2) is 0 Å². The van der Waals surface area contributed by atoms with Gasteiger partial charge in [0.25, 0.3) is 0 Å². The van der Waals surface area contributed by atoms with Crippen molar-refractivity contribution in [1.29, 1.82) is 0 Å². The average Bonchev–Trinajstić information content (AvgIpc) is 2.66. The van der Waals surface area contributed by atoms with Crippen LogP contribution in [0.2, 0.25) is 5.02 Å². The van der Waals surface area contributed by atoms with Crippen LogP contribution in [0.15, 0.2) is 18.2 Å². The van der Waals surface area contributed by atoms with Gasteiger partial charge in [-0.3, -0.25) is 0 Å². The van der Waals surface area contributed by atoms with Crippen LogP contribution < -0.4 is 11.5 Å². The van der Waals surface area contributed by atoms with E-state index in [0.29, 0.717) is 15.8 Å². The Morgan fingerprint density at radius 2 is 2.00 bits per heavy atom. The molecule has 0 amide bonds. The van der Waals surface area contributed by atoms with Crippen LogP contribution in [0.3, 0.4) is 0 Å². The topological polar surface area (TPSA) is 77.8 Å². The van der Waals surface area contributed by atoms with E-state index >= 15 is 0 Å². The molecule has 0 fully saturated rings. The minimum atomic E-state index is 0.505. The number of halogens is 1. The zero-order valence-corrected chi connectivity index (χ0v) is 10.1. The Morgan fingerprint density at radius 1 is 1.19 bits per heavy atom. The van der Waals surface area contributed by atoms with Crippen LogP contribution >= 0.6 is 22.9 Å². The number of aromatic nitrogens is 2. The van der Waals surface area contributed by atoms with Crippen LogP contribution in [0.1, 0.15) is 10.6 Å². The maximum Gasteiger partial charge on any atom is 0.203 e. The number of nitrogens with zero attached hydrogens (tertiary/aromatic N) is 2. The molecule has 0 atom stereocenters. The number of anilines is 2. The first-order chi connectivity index (χ1) is 7.65. The van der Waals surface area contributed by atoms with E-state index in [4.69, 9.17) is 23.1 Å². The maximum atomic E-state index is 5.84. The molecule has 84 valence electrons. The first-order valence-corrected chi connectivity index (χ1v) is 5.96. The SMILES string of the molecule is Nc1nnc(CCc2ccc(Cl)c(N)c2)s1. The Balaban J connectivity index is 2.02. The predicted octanol–water partition coefficient (Wildman–Crippen LogP) is 2.14. The minimum Gasteiger partial charge on any atom is -0.398 e. The average molecular weight is 255 g/mol. The molecule has 6 heteroatoms. The summed E-state index contributed by atoms with van der Waals surface area (Å²) >= 11 is 7.25. The second-order valence-electron chi connectivity index (χ2n) is 3.39. The second kappa shape index (κ2) is 4.67. The molecule has 0 aliphatic carbocycles. The largest absolute Gasteiger partial charge is 0.398 e. The van der Waals surface area contributed by atoms with Crippen LogP contribution in [-0.4, -0.2) is 10.2 Å². The van der Waals surface area contributed by atoms with Gasteiger partial charge >= 0.3 is 0 Å². The monoisotopic (exact) mass is 254 g/mol. The van der Waals surface area contributed by atoms with E-state index in [9.17, 15) is 0 Å². The van der Waals surface area contributed by atoms with Crippen molar-refractivity contribution in [3.8, 4) is 0 Å². The summed E-state index contributed by atoms with van der Waals surface area (Å²) < 4.78 is 0. The number of hydrogen-bond donors (Lipinski definition) is 2. The number of hydrogen-bond acceptors (Lipinski definition) is 5. The molecule has 0 aliphatic rings. The van der Waals surface area contributed by atoms with Gasteiger partial charge in [0.1, 0.15) is 5.01 Å². The molecule has 4 N–H and O–H groups in total. The van der Waals surface area contributed by atoms with E-state index in [1.54, 1.807) is 6.07 Å². The fourth-order valence-corrected chi connectivity index (χ4v) is 2.09. The zero-order chi connectivity index (χ0) is 11.5. The molecule has 0 aliphatic heterocycles. The Morgan fingerprint density at radius 3 is 2.62 bits per heavy atom. The van der Waals surface area contributed by atoms with Crippen LogP contribution in [-0.2, 0) is 12.8 Å². The highest BCUT2D eigenvalue weighted by atomic mass is 35.5. The van der Waals surface area contributed by atoms with Crippen molar-refractivity contribution in [1.82, 2.24) is 10.2 Å². The summed E-state index contributed by atoms with van der Waals surface area (Å²) in [6.07, 6.45) is 1.67. The van der Waals surface area contributed by atoms with Gasteiger partial charge in [0.05, 0.1) is 10.7 Å². The first kappa shape index (κ1) is 11.2. The lowest BCUT2D eigenvalue weighted by molar-refractivity contribution is 0.906. The third-order valence-corrected chi connectivity index (χ3v) is 3.33. The van der Waals surface area contributed by atoms with Gasteiger partial charge in [-0.25, -0.2) is 0 Å². The summed E-state index contributed by atoms with van der Waals surface area (Å²) in [5.41, 5.74) is 13.0. The lowest BCUT2D eigenvalue weighted by Crippen LogP contribution is -1.93. The van der Waals surface area contributed by atoms with Crippen LogP contribution in [0.4, 0.5) is 10.8 Å². The standard InChI is InChI=1S/C10H11ClN4S/c11-7-3-1-6(5-8(7)12)2-4-9-14-15-10(13)16-9/h1,3,5H,2,4,12H2,(H2,13,15). The molecular weight excluding hydrogens is 244 g/mol. The molecule has 0 bridgehead atoms. The van der Waals surface area contributed by atoms with E-state index in [0.717, 1.165) is 23.4 Å². The summed E-state index contributed by atoms with van der Waals surface area (Å²) in [5.74, 6) is 0. The van der Waals surface area contributed by atoms with E-state index in [-0.39, 0.29) is 0 Å². The molecule has 0 saturated heterocycles. The van der Waals surface area contributed by atoms with Crippen molar-refractivity contribution in [2.75, 3.05) is 11.5 Å². The summed E-state index contributed by atoms with van der Waals surface area (Å²) in [6.45, 7) is 0. The molecule has 2 rings (SSSR count). The Labute approximate surface area is 102 Å². The third-order valence-electron chi connectivity index (χ3n) is 2.17. The molecule has 0 saturated carbocycles. The lowest BCUT2D eigenvalue weighted by atomic mass is 10.1. The highest BCUT2D eigenvalue weighted by Gasteiger charge is 2.03. The highest BCUT2D eigenvalue weighted by molar-refractivity contribution is 7.15. The van der Waals surface area contributed by atoms with Crippen molar-refractivity contribution in [2.24, 2.45) is 0 Å².